The Morgan fingerprint density at radius 2 is 1.93 bits per heavy atom. The molecule has 0 spiro atoms. The number of rotatable bonds is 2. The fourth-order valence-electron chi connectivity index (χ4n) is 2.73. The Kier molecular flexibility index (Phi) is 3.99. The lowest BCUT2D eigenvalue weighted by Gasteiger charge is -2.20. The van der Waals surface area contributed by atoms with Crippen LogP contribution in [0.25, 0.3) is 0 Å². The van der Waals surface area contributed by atoms with E-state index in [9.17, 15) is 0 Å². The van der Waals surface area contributed by atoms with Gasteiger partial charge >= 0.3 is 0 Å². The summed E-state index contributed by atoms with van der Waals surface area (Å²) < 4.78 is 0. The van der Waals surface area contributed by atoms with Crippen molar-refractivity contribution >= 4 is 5.71 Å². The molecule has 1 saturated carbocycles. The van der Waals surface area contributed by atoms with Gasteiger partial charge < -0.3 is 0 Å². The van der Waals surface area contributed by atoms with Crippen molar-refractivity contribution < 1.29 is 0 Å². The van der Waals surface area contributed by atoms with E-state index in [2.05, 4.69) is 13.0 Å². The fraction of sp³-hybridized carbons (Fsp3) is 0.786. The minimum Gasteiger partial charge on any atom is -0.286 e. The molecule has 1 fully saturated rings. The molecule has 0 saturated heterocycles. The Balaban J connectivity index is 1.95. The van der Waals surface area contributed by atoms with Crippen LogP contribution in [0.1, 0.15) is 64.7 Å². The Labute approximate surface area is 93.7 Å². The summed E-state index contributed by atoms with van der Waals surface area (Å²) in [6, 6.07) is 0.640. The van der Waals surface area contributed by atoms with Crippen LogP contribution in [-0.4, -0.2) is 11.8 Å². The average Bonchev–Trinajstić information content (AvgIpc) is 2.31. The van der Waals surface area contributed by atoms with E-state index in [0.717, 1.165) is 0 Å². The quantitative estimate of drug-likeness (QED) is 0.597. The summed E-state index contributed by atoms with van der Waals surface area (Å²) in [6.07, 6.45) is 14.5. The molecule has 2 rings (SSSR count). The second-order valence-electron chi connectivity index (χ2n) is 4.98. The van der Waals surface area contributed by atoms with Gasteiger partial charge in [0.1, 0.15) is 0 Å². The summed E-state index contributed by atoms with van der Waals surface area (Å²) >= 11 is 0. The maximum atomic E-state index is 4.91. The van der Waals surface area contributed by atoms with E-state index in [0.29, 0.717) is 6.04 Å². The minimum atomic E-state index is 0.640. The van der Waals surface area contributed by atoms with Crippen LogP contribution in [-0.2, 0) is 0 Å². The third kappa shape index (κ3) is 3.19. The van der Waals surface area contributed by atoms with Crippen LogP contribution in [0.3, 0.4) is 0 Å². The molecule has 0 atom stereocenters. The first-order valence-electron chi connectivity index (χ1n) is 6.60. The van der Waals surface area contributed by atoms with Gasteiger partial charge in [0.05, 0.1) is 6.04 Å². The zero-order chi connectivity index (χ0) is 10.5. The predicted octanol–water partition coefficient (Wildman–Crippen LogP) is 4.28. The second kappa shape index (κ2) is 5.48. The van der Waals surface area contributed by atoms with Crippen molar-refractivity contribution in [1.29, 1.82) is 0 Å². The highest BCUT2D eigenvalue weighted by Crippen LogP contribution is 2.23. The van der Waals surface area contributed by atoms with E-state index in [4.69, 9.17) is 4.99 Å². The Morgan fingerprint density at radius 3 is 2.60 bits per heavy atom. The van der Waals surface area contributed by atoms with Crippen LogP contribution in [0.5, 0.6) is 0 Å². The van der Waals surface area contributed by atoms with Gasteiger partial charge in [-0.05, 0) is 51.0 Å². The molecule has 0 aromatic rings. The van der Waals surface area contributed by atoms with E-state index < -0.39 is 0 Å². The molecular weight excluding hydrogens is 182 g/mol. The molecule has 2 aliphatic carbocycles. The number of hydrogen-bond acceptors (Lipinski definition) is 1. The largest absolute Gasteiger partial charge is 0.286 e. The molecule has 0 amide bonds. The summed E-state index contributed by atoms with van der Waals surface area (Å²) in [5.74, 6) is 0. The highest BCUT2D eigenvalue weighted by Gasteiger charge is 2.13. The maximum Gasteiger partial charge on any atom is 0.0502 e. The molecule has 0 unspecified atom stereocenters. The van der Waals surface area contributed by atoms with Crippen LogP contribution < -0.4 is 0 Å². The zero-order valence-electron chi connectivity index (χ0n) is 9.97. The van der Waals surface area contributed by atoms with E-state index in [1.54, 1.807) is 0 Å². The highest BCUT2D eigenvalue weighted by molar-refractivity contribution is 5.98. The van der Waals surface area contributed by atoms with Crippen molar-refractivity contribution in [3.05, 3.63) is 11.6 Å². The third-order valence-electron chi connectivity index (χ3n) is 3.71. The fourth-order valence-corrected chi connectivity index (χ4v) is 2.73. The lowest BCUT2D eigenvalue weighted by Crippen LogP contribution is -2.13. The molecule has 1 nitrogen and oxygen atoms in total. The molecule has 0 heterocycles. The summed E-state index contributed by atoms with van der Waals surface area (Å²) in [5.41, 5.74) is 2.87. The van der Waals surface area contributed by atoms with Crippen LogP contribution in [0.2, 0.25) is 0 Å². The molecule has 0 aromatic heterocycles. The number of nitrogens with zero attached hydrogens (tertiary/aromatic N) is 1. The summed E-state index contributed by atoms with van der Waals surface area (Å²) in [6.45, 7) is 2.21. The molecular formula is C14H23N. The van der Waals surface area contributed by atoms with Gasteiger partial charge in [0.2, 0.25) is 0 Å². The smallest absolute Gasteiger partial charge is 0.0502 e. The molecule has 0 aliphatic heterocycles. The minimum absolute atomic E-state index is 0.640. The van der Waals surface area contributed by atoms with Crippen molar-refractivity contribution in [2.24, 2.45) is 4.99 Å². The SMILES string of the molecule is CC(=NC1CCCCC1)C1=CCCCC1. The second-order valence-corrected chi connectivity index (χ2v) is 4.98. The average molecular weight is 205 g/mol. The van der Waals surface area contributed by atoms with Gasteiger partial charge in [0.25, 0.3) is 0 Å². The van der Waals surface area contributed by atoms with Crippen molar-refractivity contribution in [2.75, 3.05) is 0 Å². The van der Waals surface area contributed by atoms with Gasteiger partial charge in [-0.3, -0.25) is 4.99 Å². The maximum absolute atomic E-state index is 4.91. The summed E-state index contributed by atoms with van der Waals surface area (Å²) in [4.78, 5) is 4.91. The molecule has 0 radical (unpaired) electrons. The van der Waals surface area contributed by atoms with E-state index >= 15 is 0 Å². The van der Waals surface area contributed by atoms with Crippen molar-refractivity contribution in [3.63, 3.8) is 0 Å². The van der Waals surface area contributed by atoms with Crippen LogP contribution in [0.4, 0.5) is 0 Å². The molecule has 1 heteroatoms. The van der Waals surface area contributed by atoms with E-state index in [-0.39, 0.29) is 0 Å². The van der Waals surface area contributed by atoms with Crippen LogP contribution in [0.15, 0.2) is 16.6 Å². The van der Waals surface area contributed by atoms with Gasteiger partial charge in [-0.25, -0.2) is 0 Å². The Morgan fingerprint density at radius 1 is 1.13 bits per heavy atom. The van der Waals surface area contributed by atoms with Gasteiger partial charge in [-0.15, -0.1) is 0 Å². The summed E-state index contributed by atoms with van der Waals surface area (Å²) in [7, 11) is 0. The lowest BCUT2D eigenvalue weighted by atomic mass is 9.94. The molecule has 0 N–H and O–H groups in total. The molecule has 0 aromatic carbocycles. The third-order valence-corrected chi connectivity index (χ3v) is 3.71. The van der Waals surface area contributed by atoms with Gasteiger partial charge in [-0.1, -0.05) is 25.3 Å². The van der Waals surface area contributed by atoms with Gasteiger partial charge in [0.15, 0.2) is 0 Å². The summed E-state index contributed by atoms with van der Waals surface area (Å²) in [5, 5.41) is 0. The van der Waals surface area contributed by atoms with Crippen LogP contribution in [0, 0.1) is 0 Å². The zero-order valence-corrected chi connectivity index (χ0v) is 9.97. The number of hydrogen-bond donors (Lipinski definition) is 0. The number of allylic oxidation sites excluding steroid dienone is 2. The highest BCUT2D eigenvalue weighted by atomic mass is 14.8. The van der Waals surface area contributed by atoms with Gasteiger partial charge in [0, 0.05) is 5.71 Å². The first-order chi connectivity index (χ1) is 7.36. The number of aliphatic imine (C=N–C) groups is 1. The predicted molar refractivity (Wildman–Crippen MR) is 66.5 cm³/mol. The topological polar surface area (TPSA) is 12.4 Å². The first-order valence-corrected chi connectivity index (χ1v) is 6.60. The normalized spacial score (nSPS) is 25.1. The monoisotopic (exact) mass is 205 g/mol. The molecule has 15 heavy (non-hydrogen) atoms. The van der Waals surface area contributed by atoms with Crippen molar-refractivity contribution in [2.45, 2.75) is 70.8 Å². The van der Waals surface area contributed by atoms with E-state index in [1.807, 2.05) is 0 Å². The van der Waals surface area contributed by atoms with Crippen molar-refractivity contribution in [3.8, 4) is 0 Å². The van der Waals surface area contributed by atoms with E-state index in [1.165, 1.54) is 69.1 Å². The molecule has 2 aliphatic rings. The molecule has 0 bridgehead atoms. The Hall–Kier alpha value is -0.590. The van der Waals surface area contributed by atoms with Gasteiger partial charge in [-0.2, -0.15) is 0 Å². The standard InChI is InChI=1S/C14H23N/c1-12(13-8-4-2-5-9-13)15-14-10-6-3-7-11-14/h8,14H,2-7,9-11H2,1H3. The first kappa shape index (κ1) is 10.9. The van der Waals surface area contributed by atoms with Crippen molar-refractivity contribution in [1.82, 2.24) is 0 Å². The lowest BCUT2D eigenvalue weighted by molar-refractivity contribution is 0.443. The Bertz CT molecular complexity index is 257. The molecule has 84 valence electrons. The van der Waals surface area contributed by atoms with Crippen LogP contribution >= 0.6 is 0 Å².